The fraction of sp³-hybridized carbons (Fsp3) is 0.636. The first kappa shape index (κ1) is 11.3. The van der Waals surface area contributed by atoms with Gasteiger partial charge in [-0.15, -0.1) is 0 Å². The van der Waals surface area contributed by atoms with Crippen molar-refractivity contribution in [2.45, 2.75) is 33.6 Å². The van der Waals surface area contributed by atoms with E-state index in [0.29, 0.717) is 0 Å². The lowest BCUT2D eigenvalue weighted by molar-refractivity contribution is 0.352. The molecule has 1 nitrogen and oxygen atoms in total. The molecule has 0 fully saturated rings. The van der Waals surface area contributed by atoms with Crippen LogP contribution >= 0.6 is 0 Å². The summed E-state index contributed by atoms with van der Waals surface area (Å²) >= 11 is 0. The highest BCUT2D eigenvalue weighted by molar-refractivity contribution is 5.21. The van der Waals surface area contributed by atoms with Gasteiger partial charge in [-0.25, -0.2) is 0 Å². The summed E-state index contributed by atoms with van der Waals surface area (Å²) in [4.78, 5) is 2.31. The van der Waals surface area contributed by atoms with Gasteiger partial charge in [0.15, 0.2) is 0 Å². The molecule has 0 rings (SSSR count). The summed E-state index contributed by atoms with van der Waals surface area (Å²) in [6.07, 6.45) is 2.35. The molecular weight excluding hydrogens is 146 g/mol. The first-order valence-electron chi connectivity index (χ1n) is 4.73. The van der Waals surface area contributed by atoms with Crippen LogP contribution in [0.4, 0.5) is 0 Å². The quantitative estimate of drug-likeness (QED) is 0.549. The molecule has 0 bridgehead atoms. The van der Waals surface area contributed by atoms with Crippen LogP contribution in [-0.4, -0.2) is 18.0 Å². The second-order valence-electron chi connectivity index (χ2n) is 3.21. The Balaban J connectivity index is 4.08. The maximum Gasteiger partial charge on any atom is 0.0316 e. The van der Waals surface area contributed by atoms with Gasteiger partial charge in [-0.05, 0) is 25.3 Å². The van der Waals surface area contributed by atoms with Gasteiger partial charge in [0.05, 0.1) is 0 Å². The SMILES string of the molecule is C=C(C)C(=C)N(CCC)CCC. The van der Waals surface area contributed by atoms with Gasteiger partial charge in [0.1, 0.15) is 0 Å². The largest absolute Gasteiger partial charge is 0.372 e. The van der Waals surface area contributed by atoms with Gasteiger partial charge in [-0.1, -0.05) is 27.0 Å². The van der Waals surface area contributed by atoms with Gasteiger partial charge in [-0.3, -0.25) is 0 Å². The Morgan fingerprint density at radius 3 is 1.75 bits per heavy atom. The third-order valence-corrected chi connectivity index (χ3v) is 1.86. The highest BCUT2D eigenvalue weighted by Crippen LogP contribution is 2.11. The minimum absolute atomic E-state index is 1.08. The minimum Gasteiger partial charge on any atom is -0.372 e. The van der Waals surface area contributed by atoms with Crippen LogP contribution in [-0.2, 0) is 0 Å². The molecule has 0 atom stereocenters. The fourth-order valence-electron chi connectivity index (χ4n) is 1.19. The second-order valence-corrected chi connectivity index (χ2v) is 3.21. The van der Waals surface area contributed by atoms with E-state index in [-0.39, 0.29) is 0 Å². The van der Waals surface area contributed by atoms with Crippen molar-refractivity contribution in [3.63, 3.8) is 0 Å². The molecule has 12 heavy (non-hydrogen) atoms. The Morgan fingerprint density at radius 2 is 1.50 bits per heavy atom. The van der Waals surface area contributed by atoms with E-state index in [2.05, 4.69) is 31.9 Å². The summed E-state index contributed by atoms with van der Waals surface area (Å²) < 4.78 is 0. The van der Waals surface area contributed by atoms with Gasteiger partial charge < -0.3 is 4.90 Å². The first-order chi connectivity index (χ1) is 5.63. The lowest BCUT2D eigenvalue weighted by Crippen LogP contribution is -2.24. The van der Waals surface area contributed by atoms with Crippen molar-refractivity contribution < 1.29 is 0 Å². The standard InChI is InChI=1S/C11H21N/c1-6-8-12(9-7-2)11(5)10(3)4/h3,5-9H2,1-2,4H3. The molecule has 0 unspecified atom stereocenters. The molecule has 0 saturated carbocycles. The minimum atomic E-state index is 1.08. The van der Waals surface area contributed by atoms with Crippen molar-refractivity contribution in [3.05, 3.63) is 24.4 Å². The number of rotatable bonds is 6. The predicted molar refractivity (Wildman–Crippen MR) is 56.1 cm³/mol. The van der Waals surface area contributed by atoms with Crippen LogP contribution in [0, 0.1) is 0 Å². The zero-order chi connectivity index (χ0) is 9.56. The lowest BCUT2D eigenvalue weighted by Gasteiger charge is -2.25. The second kappa shape index (κ2) is 5.87. The maximum atomic E-state index is 4.02. The first-order valence-corrected chi connectivity index (χ1v) is 4.73. The van der Waals surface area contributed by atoms with Crippen molar-refractivity contribution in [1.29, 1.82) is 0 Å². The van der Waals surface area contributed by atoms with E-state index in [9.17, 15) is 0 Å². The van der Waals surface area contributed by atoms with Crippen molar-refractivity contribution in [1.82, 2.24) is 4.90 Å². The van der Waals surface area contributed by atoms with E-state index in [1.54, 1.807) is 0 Å². The van der Waals surface area contributed by atoms with E-state index in [1.807, 2.05) is 6.92 Å². The summed E-state index contributed by atoms with van der Waals surface area (Å²) in [5, 5.41) is 0. The van der Waals surface area contributed by atoms with E-state index < -0.39 is 0 Å². The monoisotopic (exact) mass is 167 g/mol. The molecule has 0 spiro atoms. The van der Waals surface area contributed by atoms with Crippen LogP contribution in [0.25, 0.3) is 0 Å². The molecular formula is C11H21N. The molecule has 0 aromatic rings. The van der Waals surface area contributed by atoms with E-state index in [0.717, 1.165) is 24.4 Å². The zero-order valence-electron chi connectivity index (χ0n) is 8.69. The van der Waals surface area contributed by atoms with E-state index in [4.69, 9.17) is 0 Å². The molecule has 0 aliphatic rings. The Morgan fingerprint density at radius 1 is 1.08 bits per heavy atom. The molecule has 0 amide bonds. The predicted octanol–water partition coefficient (Wildman–Crippen LogP) is 3.20. The lowest BCUT2D eigenvalue weighted by atomic mass is 10.2. The van der Waals surface area contributed by atoms with Gasteiger partial charge in [0, 0.05) is 18.8 Å². The summed E-state index contributed by atoms with van der Waals surface area (Å²) in [6, 6.07) is 0. The third kappa shape index (κ3) is 3.61. The molecule has 0 aromatic heterocycles. The van der Waals surface area contributed by atoms with Crippen LogP contribution in [0.5, 0.6) is 0 Å². The topological polar surface area (TPSA) is 3.24 Å². The van der Waals surface area contributed by atoms with E-state index >= 15 is 0 Å². The molecule has 0 N–H and O–H groups in total. The Kier molecular flexibility index (Phi) is 5.52. The van der Waals surface area contributed by atoms with E-state index in [1.165, 1.54) is 12.8 Å². The average molecular weight is 167 g/mol. The van der Waals surface area contributed by atoms with Crippen molar-refractivity contribution in [2.24, 2.45) is 0 Å². The summed E-state index contributed by atoms with van der Waals surface area (Å²) in [5.74, 6) is 0. The van der Waals surface area contributed by atoms with Crippen LogP contribution in [0.15, 0.2) is 24.4 Å². The number of hydrogen-bond acceptors (Lipinski definition) is 1. The van der Waals surface area contributed by atoms with Crippen LogP contribution in [0.1, 0.15) is 33.6 Å². The number of allylic oxidation sites excluding steroid dienone is 1. The zero-order valence-corrected chi connectivity index (χ0v) is 8.69. The Hall–Kier alpha value is -0.720. The number of hydrogen-bond donors (Lipinski definition) is 0. The Bertz CT molecular complexity index is 152. The van der Waals surface area contributed by atoms with Crippen LogP contribution in [0.3, 0.4) is 0 Å². The fourth-order valence-corrected chi connectivity index (χ4v) is 1.19. The van der Waals surface area contributed by atoms with Gasteiger partial charge in [0.2, 0.25) is 0 Å². The highest BCUT2D eigenvalue weighted by atomic mass is 15.1. The molecule has 0 aliphatic heterocycles. The van der Waals surface area contributed by atoms with Gasteiger partial charge in [-0.2, -0.15) is 0 Å². The summed E-state index contributed by atoms with van der Waals surface area (Å²) in [7, 11) is 0. The summed E-state index contributed by atoms with van der Waals surface area (Å²) in [5.41, 5.74) is 2.18. The smallest absolute Gasteiger partial charge is 0.0316 e. The van der Waals surface area contributed by atoms with Crippen LogP contribution < -0.4 is 0 Å². The molecule has 0 heterocycles. The van der Waals surface area contributed by atoms with Gasteiger partial charge in [0.25, 0.3) is 0 Å². The average Bonchev–Trinajstić information content (AvgIpc) is 2.03. The maximum absolute atomic E-state index is 4.02. The molecule has 70 valence electrons. The Labute approximate surface area is 76.8 Å². The third-order valence-electron chi connectivity index (χ3n) is 1.86. The highest BCUT2D eigenvalue weighted by Gasteiger charge is 2.04. The molecule has 0 aliphatic carbocycles. The van der Waals surface area contributed by atoms with Crippen molar-refractivity contribution in [3.8, 4) is 0 Å². The molecule has 1 heteroatoms. The van der Waals surface area contributed by atoms with Crippen molar-refractivity contribution >= 4 is 0 Å². The molecule has 0 aromatic carbocycles. The molecule has 0 radical (unpaired) electrons. The summed E-state index contributed by atoms with van der Waals surface area (Å²) in [6.45, 7) is 16.5. The van der Waals surface area contributed by atoms with Crippen LogP contribution in [0.2, 0.25) is 0 Å². The normalized spacial score (nSPS) is 9.58. The number of nitrogens with zero attached hydrogens (tertiary/aromatic N) is 1. The van der Waals surface area contributed by atoms with Crippen molar-refractivity contribution in [2.75, 3.05) is 13.1 Å². The van der Waals surface area contributed by atoms with Gasteiger partial charge >= 0.3 is 0 Å². The molecule has 0 saturated heterocycles.